The molecule has 0 unspecified atom stereocenters. The summed E-state index contributed by atoms with van der Waals surface area (Å²) in [6.45, 7) is -0.760. The Kier molecular flexibility index (Phi) is 9.92. The van der Waals surface area contributed by atoms with Crippen LogP contribution in [0.4, 0.5) is 0 Å². The molecule has 22 heavy (non-hydrogen) atoms. The number of hydrogen-bond donors (Lipinski definition) is 5. The van der Waals surface area contributed by atoms with E-state index in [0.29, 0.717) is 5.56 Å². The zero-order valence-electron chi connectivity index (χ0n) is 11.9. The molecule has 0 aliphatic heterocycles. The molecular weight excluding hydrogens is 296 g/mol. The number of ether oxygens (including phenoxy) is 1. The van der Waals surface area contributed by atoms with Crippen LogP contribution in [0.5, 0.6) is 0 Å². The topological polar surface area (TPSA) is 145 Å². The van der Waals surface area contributed by atoms with E-state index in [0.717, 1.165) is 0 Å². The number of hydrogen-bond acceptors (Lipinski definition) is 8. The van der Waals surface area contributed by atoms with E-state index < -0.39 is 31.0 Å². The Morgan fingerprint density at radius 1 is 1.14 bits per heavy atom. The Hall–Kier alpha value is -1.84. The van der Waals surface area contributed by atoms with Crippen LogP contribution in [0.15, 0.2) is 30.3 Å². The van der Waals surface area contributed by atoms with Crippen molar-refractivity contribution in [2.75, 3.05) is 13.7 Å². The first kappa shape index (κ1) is 20.2. The van der Waals surface area contributed by atoms with E-state index in [2.05, 4.69) is 4.74 Å². The number of aldehydes is 1. The fourth-order valence-electron chi connectivity index (χ4n) is 1.31. The first-order valence-electron chi connectivity index (χ1n) is 6.30. The van der Waals surface area contributed by atoms with E-state index in [1.54, 1.807) is 24.3 Å². The van der Waals surface area contributed by atoms with Gasteiger partial charge in [-0.3, -0.25) is 0 Å². The zero-order chi connectivity index (χ0) is 17.1. The Morgan fingerprint density at radius 3 is 2.09 bits per heavy atom. The number of esters is 1. The van der Waals surface area contributed by atoms with Crippen LogP contribution in [-0.2, 0) is 9.53 Å². The molecule has 0 aromatic heterocycles. The minimum Gasteiger partial charge on any atom is -0.465 e. The molecule has 8 heteroatoms. The molecule has 0 saturated heterocycles. The molecule has 1 aromatic rings. The van der Waals surface area contributed by atoms with Crippen molar-refractivity contribution >= 4 is 12.3 Å². The van der Waals surface area contributed by atoms with Gasteiger partial charge in [0, 0.05) is 0 Å². The van der Waals surface area contributed by atoms with Crippen molar-refractivity contribution < 1.29 is 39.9 Å². The highest BCUT2D eigenvalue weighted by atomic mass is 16.5. The summed E-state index contributed by atoms with van der Waals surface area (Å²) in [5, 5.41) is 43.5. The summed E-state index contributed by atoms with van der Waals surface area (Å²) in [6.07, 6.45) is -6.84. The van der Waals surface area contributed by atoms with Crippen molar-refractivity contribution in [3.05, 3.63) is 35.9 Å². The summed E-state index contributed by atoms with van der Waals surface area (Å²) in [5.41, 5.74) is 0.588. The number of carbonyl (C=O) groups excluding carboxylic acids is 2. The quantitative estimate of drug-likeness (QED) is 0.302. The van der Waals surface area contributed by atoms with Gasteiger partial charge in [-0.05, 0) is 12.1 Å². The second-order valence-corrected chi connectivity index (χ2v) is 4.22. The molecule has 1 aromatic carbocycles. The minimum absolute atomic E-state index is 0.0258. The second-order valence-electron chi connectivity index (χ2n) is 4.22. The number of carbonyl (C=O) groups is 2. The molecule has 1 rings (SSSR count). The molecule has 0 amide bonds. The maximum Gasteiger partial charge on any atom is 0.337 e. The van der Waals surface area contributed by atoms with Crippen molar-refractivity contribution in [2.24, 2.45) is 0 Å². The Morgan fingerprint density at radius 2 is 1.68 bits per heavy atom. The number of methoxy groups -OCH3 is 1. The SMILES string of the molecule is COC(=O)c1ccccc1.O=C[C@H](O)[C@@H](O)[C@H](O)[C@H](O)CO. The summed E-state index contributed by atoms with van der Waals surface area (Å²) in [4.78, 5) is 20.7. The smallest absolute Gasteiger partial charge is 0.337 e. The van der Waals surface area contributed by atoms with Crippen molar-refractivity contribution in [3.8, 4) is 0 Å². The summed E-state index contributed by atoms with van der Waals surface area (Å²) in [6, 6.07) is 8.88. The Labute approximate surface area is 127 Å². The van der Waals surface area contributed by atoms with Crippen LogP contribution in [0.25, 0.3) is 0 Å². The molecule has 124 valence electrons. The molecule has 0 spiro atoms. The standard InChI is InChI=1S/C8H8O2.C6H12O6/c1-10-8(9)7-5-3-2-4-6-7;7-1-3(9)5(11)6(12)4(10)2-8/h2-6H,1H3;1,3-6,8-12H,2H2/t;3-,4+,5+,6+/m.0/s1. The van der Waals surface area contributed by atoms with Crippen LogP contribution < -0.4 is 0 Å². The summed E-state index contributed by atoms with van der Waals surface area (Å²) in [5.74, 6) is -0.291. The minimum atomic E-state index is -1.79. The highest BCUT2D eigenvalue weighted by molar-refractivity contribution is 5.89. The van der Waals surface area contributed by atoms with Crippen LogP contribution in [0, 0.1) is 0 Å². The van der Waals surface area contributed by atoms with Gasteiger partial charge in [0.15, 0.2) is 6.29 Å². The van der Waals surface area contributed by atoms with Crippen LogP contribution >= 0.6 is 0 Å². The third-order valence-corrected chi connectivity index (χ3v) is 2.62. The molecule has 0 aliphatic carbocycles. The van der Waals surface area contributed by atoms with Gasteiger partial charge in [0.05, 0.1) is 19.3 Å². The highest BCUT2D eigenvalue weighted by Gasteiger charge is 2.29. The summed E-state index contributed by atoms with van der Waals surface area (Å²) < 4.78 is 4.50. The van der Waals surface area contributed by atoms with Gasteiger partial charge in [0.1, 0.15) is 24.4 Å². The van der Waals surface area contributed by atoms with Gasteiger partial charge >= 0.3 is 5.97 Å². The lowest BCUT2D eigenvalue weighted by Crippen LogP contribution is -2.46. The van der Waals surface area contributed by atoms with E-state index >= 15 is 0 Å². The molecule has 0 fully saturated rings. The number of aliphatic hydroxyl groups excluding tert-OH is 5. The third-order valence-electron chi connectivity index (χ3n) is 2.62. The number of benzene rings is 1. The van der Waals surface area contributed by atoms with Crippen molar-refractivity contribution in [1.82, 2.24) is 0 Å². The van der Waals surface area contributed by atoms with E-state index in [-0.39, 0.29) is 12.3 Å². The van der Waals surface area contributed by atoms with E-state index in [1.807, 2.05) is 6.07 Å². The predicted molar refractivity (Wildman–Crippen MR) is 75.0 cm³/mol. The van der Waals surface area contributed by atoms with Gasteiger partial charge in [-0.1, -0.05) is 18.2 Å². The maximum absolute atomic E-state index is 10.8. The molecule has 0 radical (unpaired) electrons. The van der Waals surface area contributed by atoms with E-state index in [9.17, 15) is 9.59 Å². The molecule has 5 N–H and O–H groups in total. The van der Waals surface area contributed by atoms with Crippen molar-refractivity contribution in [3.63, 3.8) is 0 Å². The van der Waals surface area contributed by atoms with Crippen LogP contribution in [-0.4, -0.2) is 75.9 Å². The second kappa shape index (κ2) is 10.8. The third kappa shape index (κ3) is 6.74. The molecule has 8 nitrogen and oxygen atoms in total. The molecule has 0 aliphatic rings. The lowest BCUT2D eigenvalue weighted by Gasteiger charge is -2.22. The monoisotopic (exact) mass is 316 g/mol. The summed E-state index contributed by atoms with van der Waals surface area (Å²) >= 11 is 0. The normalized spacial score (nSPS) is 15.5. The number of aliphatic hydroxyl groups is 5. The average molecular weight is 316 g/mol. The lowest BCUT2D eigenvalue weighted by atomic mass is 10.0. The van der Waals surface area contributed by atoms with Gasteiger partial charge in [0.25, 0.3) is 0 Å². The lowest BCUT2D eigenvalue weighted by molar-refractivity contribution is -0.136. The molecule has 0 heterocycles. The van der Waals surface area contributed by atoms with Crippen molar-refractivity contribution in [2.45, 2.75) is 24.4 Å². The maximum atomic E-state index is 10.8. The molecule has 0 bridgehead atoms. The van der Waals surface area contributed by atoms with Gasteiger partial charge in [0.2, 0.25) is 0 Å². The van der Waals surface area contributed by atoms with Gasteiger partial charge in [-0.25, -0.2) is 4.79 Å². The van der Waals surface area contributed by atoms with Crippen molar-refractivity contribution in [1.29, 1.82) is 0 Å². The summed E-state index contributed by atoms with van der Waals surface area (Å²) in [7, 11) is 1.37. The largest absolute Gasteiger partial charge is 0.465 e. The fourth-order valence-corrected chi connectivity index (χ4v) is 1.31. The van der Waals surface area contributed by atoms with Crippen LogP contribution in [0.3, 0.4) is 0 Å². The molecular formula is C14H20O8. The predicted octanol–water partition coefficient (Wildman–Crippen LogP) is -1.91. The fraction of sp³-hybridized carbons (Fsp3) is 0.429. The first-order valence-corrected chi connectivity index (χ1v) is 6.30. The van der Waals surface area contributed by atoms with E-state index in [1.165, 1.54) is 7.11 Å². The van der Waals surface area contributed by atoms with Gasteiger partial charge in [-0.2, -0.15) is 0 Å². The number of rotatable bonds is 6. The van der Waals surface area contributed by atoms with Crippen LogP contribution in [0.2, 0.25) is 0 Å². The Balaban J connectivity index is 0.000000406. The first-order chi connectivity index (χ1) is 10.4. The van der Waals surface area contributed by atoms with Gasteiger partial charge < -0.3 is 35.1 Å². The Bertz CT molecular complexity index is 436. The van der Waals surface area contributed by atoms with Gasteiger partial charge in [-0.15, -0.1) is 0 Å². The zero-order valence-corrected chi connectivity index (χ0v) is 11.9. The average Bonchev–Trinajstić information content (AvgIpc) is 2.59. The molecule has 0 saturated carbocycles. The highest BCUT2D eigenvalue weighted by Crippen LogP contribution is 2.03. The van der Waals surface area contributed by atoms with Crippen LogP contribution in [0.1, 0.15) is 10.4 Å². The molecule has 4 atom stereocenters. The van der Waals surface area contributed by atoms with E-state index in [4.69, 9.17) is 25.5 Å².